The average Bonchev–Trinajstić information content (AvgIpc) is 2.39. The van der Waals surface area contributed by atoms with Crippen molar-refractivity contribution >= 4 is 0 Å². The first-order valence-corrected chi connectivity index (χ1v) is 7.01. The fourth-order valence-electron chi connectivity index (χ4n) is 2.48. The fraction of sp³-hybridized carbons (Fsp3) is 0.353. The van der Waals surface area contributed by atoms with Crippen LogP contribution in [0.15, 0.2) is 36.4 Å². The lowest BCUT2D eigenvalue weighted by Crippen LogP contribution is -2.23. The SMILES string of the molecule is CCNC(Cc1ccc(F)cc1)c1cc(C)nc(C)c1. The van der Waals surface area contributed by atoms with Gasteiger partial charge in [0.05, 0.1) is 0 Å². The smallest absolute Gasteiger partial charge is 0.123 e. The van der Waals surface area contributed by atoms with Crippen LogP contribution in [-0.4, -0.2) is 11.5 Å². The van der Waals surface area contributed by atoms with E-state index in [0.29, 0.717) is 0 Å². The molecule has 0 spiro atoms. The molecule has 3 heteroatoms. The number of nitrogens with zero attached hydrogens (tertiary/aromatic N) is 1. The van der Waals surface area contributed by atoms with Crippen molar-refractivity contribution in [2.75, 3.05) is 6.54 Å². The van der Waals surface area contributed by atoms with Crippen LogP contribution in [0.25, 0.3) is 0 Å². The second-order valence-corrected chi connectivity index (χ2v) is 5.12. The molecule has 0 saturated heterocycles. The zero-order valence-electron chi connectivity index (χ0n) is 12.3. The molecule has 0 saturated carbocycles. The Morgan fingerprint density at radius 3 is 2.25 bits per heavy atom. The fourth-order valence-corrected chi connectivity index (χ4v) is 2.48. The monoisotopic (exact) mass is 272 g/mol. The maximum atomic E-state index is 13.0. The van der Waals surface area contributed by atoms with Gasteiger partial charge in [0.2, 0.25) is 0 Å². The van der Waals surface area contributed by atoms with Crippen LogP contribution in [0.1, 0.15) is 35.5 Å². The Hall–Kier alpha value is -1.74. The Bertz CT molecular complexity index is 543. The van der Waals surface area contributed by atoms with E-state index in [1.165, 1.54) is 17.7 Å². The average molecular weight is 272 g/mol. The maximum absolute atomic E-state index is 13.0. The van der Waals surface area contributed by atoms with E-state index in [2.05, 4.69) is 29.4 Å². The van der Waals surface area contributed by atoms with Crippen molar-refractivity contribution in [3.8, 4) is 0 Å². The molecule has 0 aliphatic carbocycles. The van der Waals surface area contributed by atoms with Gasteiger partial charge >= 0.3 is 0 Å². The number of halogens is 1. The number of likely N-dealkylation sites (N-methyl/N-ethyl adjacent to an activating group) is 1. The van der Waals surface area contributed by atoms with Crippen molar-refractivity contribution in [1.82, 2.24) is 10.3 Å². The highest BCUT2D eigenvalue weighted by Gasteiger charge is 2.12. The largest absolute Gasteiger partial charge is 0.310 e. The highest BCUT2D eigenvalue weighted by molar-refractivity contribution is 5.26. The zero-order chi connectivity index (χ0) is 14.5. The number of nitrogens with one attached hydrogen (secondary N) is 1. The van der Waals surface area contributed by atoms with Gasteiger partial charge < -0.3 is 5.32 Å². The zero-order valence-corrected chi connectivity index (χ0v) is 12.3. The molecule has 1 aromatic carbocycles. The first-order chi connectivity index (χ1) is 9.58. The minimum Gasteiger partial charge on any atom is -0.310 e. The summed E-state index contributed by atoms with van der Waals surface area (Å²) in [6.07, 6.45) is 0.844. The lowest BCUT2D eigenvalue weighted by atomic mass is 9.98. The molecule has 2 rings (SSSR count). The van der Waals surface area contributed by atoms with Gasteiger partial charge in [-0.15, -0.1) is 0 Å². The summed E-state index contributed by atoms with van der Waals surface area (Å²) in [6.45, 7) is 7.01. The highest BCUT2D eigenvalue weighted by atomic mass is 19.1. The third-order valence-corrected chi connectivity index (χ3v) is 3.31. The molecule has 1 N–H and O–H groups in total. The number of aryl methyl sites for hydroxylation is 2. The topological polar surface area (TPSA) is 24.9 Å². The minimum atomic E-state index is -0.190. The lowest BCUT2D eigenvalue weighted by molar-refractivity contribution is 0.547. The van der Waals surface area contributed by atoms with E-state index in [4.69, 9.17) is 0 Å². The molecule has 1 aromatic heterocycles. The van der Waals surface area contributed by atoms with Crippen LogP contribution in [0.3, 0.4) is 0 Å². The summed E-state index contributed by atoms with van der Waals surface area (Å²) in [5, 5.41) is 3.49. The van der Waals surface area contributed by atoms with Gasteiger partial charge in [-0.05, 0) is 62.2 Å². The van der Waals surface area contributed by atoms with Crippen molar-refractivity contribution in [2.45, 2.75) is 33.2 Å². The standard InChI is InChI=1S/C17H21FN2/c1-4-19-17(11-14-5-7-16(18)8-6-14)15-9-12(2)20-13(3)10-15/h5-10,17,19H,4,11H2,1-3H3. The number of hydrogen-bond donors (Lipinski definition) is 1. The summed E-state index contributed by atoms with van der Waals surface area (Å²) in [4.78, 5) is 4.42. The van der Waals surface area contributed by atoms with E-state index >= 15 is 0 Å². The highest BCUT2D eigenvalue weighted by Crippen LogP contribution is 2.20. The van der Waals surface area contributed by atoms with Crippen LogP contribution in [-0.2, 0) is 6.42 Å². The third-order valence-electron chi connectivity index (χ3n) is 3.31. The van der Waals surface area contributed by atoms with E-state index in [9.17, 15) is 4.39 Å². The number of pyridine rings is 1. The summed E-state index contributed by atoms with van der Waals surface area (Å²) in [7, 11) is 0. The lowest BCUT2D eigenvalue weighted by Gasteiger charge is -2.19. The predicted octanol–water partition coefficient (Wildman–Crippen LogP) is 3.73. The first-order valence-electron chi connectivity index (χ1n) is 7.01. The molecule has 106 valence electrons. The Morgan fingerprint density at radius 2 is 1.70 bits per heavy atom. The molecular formula is C17H21FN2. The van der Waals surface area contributed by atoms with E-state index in [1.54, 1.807) is 0 Å². The predicted molar refractivity (Wildman–Crippen MR) is 80.2 cm³/mol. The van der Waals surface area contributed by atoms with E-state index in [0.717, 1.165) is 29.9 Å². The maximum Gasteiger partial charge on any atom is 0.123 e. The summed E-state index contributed by atoms with van der Waals surface area (Å²) in [5.41, 5.74) is 4.43. The molecule has 1 unspecified atom stereocenters. The molecular weight excluding hydrogens is 251 g/mol. The summed E-state index contributed by atoms with van der Waals surface area (Å²) < 4.78 is 13.0. The van der Waals surface area contributed by atoms with Gasteiger partial charge in [-0.2, -0.15) is 0 Å². The summed E-state index contributed by atoms with van der Waals surface area (Å²) in [5.74, 6) is -0.190. The van der Waals surface area contributed by atoms with E-state index in [1.807, 2.05) is 26.0 Å². The van der Waals surface area contributed by atoms with Gasteiger partial charge in [0.15, 0.2) is 0 Å². The Morgan fingerprint density at radius 1 is 1.10 bits per heavy atom. The number of hydrogen-bond acceptors (Lipinski definition) is 2. The number of rotatable bonds is 5. The normalized spacial score (nSPS) is 12.4. The van der Waals surface area contributed by atoms with Gasteiger partial charge in [-0.25, -0.2) is 4.39 Å². The van der Waals surface area contributed by atoms with Crippen molar-refractivity contribution in [2.24, 2.45) is 0 Å². The summed E-state index contributed by atoms with van der Waals surface area (Å²) in [6, 6.07) is 11.2. The molecule has 0 bridgehead atoms. The summed E-state index contributed by atoms with van der Waals surface area (Å²) >= 11 is 0. The number of benzene rings is 1. The molecule has 20 heavy (non-hydrogen) atoms. The Kier molecular flexibility index (Phi) is 4.85. The van der Waals surface area contributed by atoms with Crippen molar-refractivity contribution in [1.29, 1.82) is 0 Å². The van der Waals surface area contributed by atoms with Crippen LogP contribution in [0.2, 0.25) is 0 Å². The van der Waals surface area contributed by atoms with Gasteiger partial charge in [-0.1, -0.05) is 19.1 Å². The van der Waals surface area contributed by atoms with Crippen molar-refractivity contribution < 1.29 is 4.39 Å². The van der Waals surface area contributed by atoms with Crippen LogP contribution in [0, 0.1) is 19.7 Å². The van der Waals surface area contributed by atoms with Gasteiger partial charge in [0, 0.05) is 17.4 Å². The molecule has 2 nitrogen and oxygen atoms in total. The minimum absolute atomic E-state index is 0.190. The molecule has 1 atom stereocenters. The quantitative estimate of drug-likeness (QED) is 0.897. The Labute approximate surface area is 120 Å². The van der Waals surface area contributed by atoms with Crippen molar-refractivity contribution in [3.05, 3.63) is 64.7 Å². The van der Waals surface area contributed by atoms with Crippen LogP contribution in [0.4, 0.5) is 4.39 Å². The van der Waals surface area contributed by atoms with Gasteiger partial charge in [0.25, 0.3) is 0 Å². The van der Waals surface area contributed by atoms with Crippen LogP contribution in [0.5, 0.6) is 0 Å². The van der Waals surface area contributed by atoms with E-state index < -0.39 is 0 Å². The second kappa shape index (κ2) is 6.62. The second-order valence-electron chi connectivity index (χ2n) is 5.12. The molecule has 1 heterocycles. The molecule has 0 aliphatic heterocycles. The van der Waals surface area contributed by atoms with Crippen molar-refractivity contribution in [3.63, 3.8) is 0 Å². The first kappa shape index (κ1) is 14.7. The molecule has 2 aromatic rings. The Balaban J connectivity index is 2.23. The molecule has 0 fully saturated rings. The van der Waals surface area contributed by atoms with Gasteiger partial charge in [-0.3, -0.25) is 4.98 Å². The van der Waals surface area contributed by atoms with Crippen LogP contribution < -0.4 is 5.32 Å². The van der Waals surface area contributed by atoms with Gasteiger partial charge in [0.1, 0.15) is 5.82 Å². The molecule has 0 amide bonds. The third kappa shape index (κ3) is 3.87. The van der Waals surface area contributed by atoms with Crippen LogP contribution >= 0.6 is 0 Å². The molecule has 0 aliphatic rings. The molecule has 0 radical (unpaired) electrons. The number of aromatic nitrogens is 1. The van der Waals surface area contributed by atoms with E-state index in [-0.39, 0.29) is 11.9 Å².